The summed E-state index contributed by atoms with van der Waals surface area (Å²) in [4.78, 5) is 31.8. The van der Waals surface area contributed by atoms with Crippen molar-refractivity contribution in [2.45, 2.75) is 0 Å². The van der Waals surface area contributed by atoms with E-state index in [9.17, 15) is 9.59 Å². The van der Waals surface area contributed by atoms with Gasteiger partial charge in [-0.1, -0.05) is 0 Å². The number of rotatable bonds is 3. The van der Waals surface area contributed by atoms with Crippen LogP contribution < -0.4 is 4.90 Å². The summed E-state index contributed by atoms with van der Waals surface area (Å²) in [5.41, 5.74) is 0.498. The molecule has 2 aromatic heterocycles. The molecule has 0 unspecified atom stereocenters. The lowest BCUT2D eigenvalue weighted by molar-refractivity contribution is 0.0691. The fourth-order valence-electron chi connectivity index (χ4n) is 1.28. The number of aromatic carboxylic acids is 1. The minimum absolute atomic E-state index is 0.122. The van der Waals surface area contributed by atoms with Crippen molar-refractivity contribution < 1.29 is 14.7 Å². The van der Waals surface area contributed by atoms with E-state index in [0.717, 1.165) is 11.3 Å². The molecule has 0 fully saturated rings. The first kappa shape index (κ1) is 12.2. The van der Waals surface area contributed by atoms with Gasteiger partial charge in [0.25, 0.3) is 5.91 Å². The number of amides is 1. The van der Waals surface area contributed by atoms with Crippen molar-refractivity contribution in [3.8, 4) is 0 Å². The van der Waals surface area contributed by atoms with Crippen LogP contribution in [0.1, 0.15) is 20.3 Å². The Kier molecular flexibility index (Phi) is 3.33. The summed E-state index contributed by atoms with van der Waals surface area (Å²) < 4.78 is 0. The number of pyridine rings is 1. The number of thiazole rings is 1. The lowest BCUT2D eigenvalue weighted by Crippen LogP contribution is -2.26. The van der Waals surface area contributed by atoms with Crippen molar-refractivity contribution in [2.24, 2.45) is 0 Å². The van der Waals surface area contributed by atoms with Crippen molar-refractivity contribution in [3.63, 3.8) is 0 Å². The predicted molar refractivity (Wildman–Crippen MR) is 66.0 cm³/mol. The van der Waals surface area contributed by atoms with Crippen molar-refractivity contribution in [3.05, 3.63) is 40.6 Å². The summed E-state index contributed by atoms with van der Waals surface area (Å²) in [7, 11) is 1.58. The number of carbonyl (C=O) groups is 2. The van der Waals surface area contributed by atoms with Crippen LogP contribution in [0.4, 0.5) is 5.69 Å². The minimum Gasteiger partial charge on any atom is -0.476 e. The van der Waals surface area contributed by atoms with Gasteiger partial charge in [-0.3, -0.25) is 9.78 Å². The Labute approximate surface area is 107 Å². The van der Waals surface area contributed by atoms with E-state index in [0.29, 0.717) is 5.69 Å². The van der Waals surface area contributed by atoms with Crippen LogP contribution in [-0.4, -0.2) is 34.0 Å². The van der Waals surface area contributed by atoms with Crippen molar-refractivity contribution in [1.29, 1.82) is 0 Å². The van der Waals surface area contributed by atoms with Gasteiger partial charge in [0.2, 0.25) is 0 Å². The predicted octanol–water partition coefficient (Wildman–Crippen LogP) is 1.51. The van der Waals surface area contributed by atoms with E-state index in [1.165, 1.54) is 10.3 Å². The lowest BCUT2D eigenvalue weighted by atomic mass is 10.4. The zero-order valence-electron chi connectivity index (χ0n) is 9.40. The van der Waals surface area contributed by atoms with E-state index >= 15 is 0 Å². The number of anilines is 1. The van der Waals surface area contributed by atoms with E-state index in [4.69, 9.17) is 5.11 Å². The fraction of sp³-hybridized carbons (Fsp3) is 0.0909. The van der Waals surface area contributed by atoms with Gasteiger partial charge in [0.05, 0.1) is 11.9 Å². The summed E-state index contributed by atoms with van der Waals surface area (Å²) in [6.45, 7) is 0. The Bertz CT molecular complexity index is 582. The summed E-state index contributed by atoms with van der Waals surface area (Å²) in [5.74, 6) is -1.50. The molecule has 1 N–H and O–H groups in total. The van der Waals surface area contributed by atoms with Gasteiger partial charge < -0.3 is 10.0 Å². The highest BCUT2D eigenvalue weighted by atomic mass is 32.1. The number of nitrogens with zero attached hydrogens (tertiary/aromatic N) is 3. The molecule has 0 aromatic carbocycles. The summed E-state index contributed by atoms with van der Waals surface area (Å²) in [6.07, 6.45) is 3.15. The largest absolute Gasteiger partial charge is 0.476 e. The number of hydrogen-bond acceptors (Lipinski definition) is 5. The first-order chi connectivity index (χ1) is 8.59. The van der Waals surface area contributed by atoms with Crippen LogP contribution in [0.15, 0.2) is 29.9 Å². The highest BCUT2D eigenvalue weighted by molar-refractivity contribution is 7.12. The van der Waals surface area contributed by atoms with Gasteiger partial charge in [0.1, 0.15) is 0 Å². The molecule has 0 aliphatic rings. The maximum Gasteiger partial charge on any atom is 0.355 e. The number of aromatic nitrogens is 2. The average Bonchev–Trinajstić information content (AvgIpc) is 2.88. The third kappa shape index (κ3) is 2.35. The normalized spacial score (nSPS) is 10.1. The SMILES string of the molecule is CN(C(=O)c1nc(C(=O)O)cs1)c1cccnc1. The van der Waals surface area contributed by atoms with Crippen molar-refractivity contribution in [2.75, 3.05) is 11.9 Å². The molecule has 0 saturated heterocycles. The van der Waals surface area contributed by atoms with Crippen LogP contribution in [0.3, 0.4) is 0 Å². The minimum atomic E-state index is -1.14. The second-order valence-corrected chi connectivity index (χ2v) is 4.28. The summed E-state index contributed by atoms with van der Waals surface area (Å²) >= 11 is 1.01. The number of carboxylic acids is 1. The van der Waals surface area contributed by atoms with Gasteiger partial charge in [-0.2, -0.15) is 0 Å². The smallest absolute Gasteiger partial charge is 0.355 e. The molecular weight excluding hydrogens is 254 g/mol. The number of hydrogen-bond donors (Lipinski definition) is 1. The molecule has 2 rings (SSSR count). The first-order valence-electron chi connectivity index (χ1n) is 4.96. The molecule has 2 heterocycles. The van der Waals surface area contributed by atoms with E-state index < -0.39 is 5.97 Å². The molecule has 0 spiro atoms. The third-order valence-corrected chi connectivity index (χ3v) is 3.07. The fourth-order valence-corrected chi connectivity index (χ4v) is 2.05. The summed E-state index contributed by atoms with van der Waals surface area (Å²) in [5, 5.41) is 10.2. The molecule has 2 aromatic rings. The highest BCUT2D eigenvalue weighted by Gasteiger charge is 2.19. The molecule has 18 heavy (non-hydrogen) atoms. The summed E-state index contributed by atoms with van der Waals surface area (Å²) in [6, 6.07) is 3.44. The quantitative estimate of drug-likeness (QED) is 0.907. The molecule has 0 bridgehead atoms. The van der Waals surface area contributed by atoms with Gasteiger partial charge in [0.15, 0.2) is 10.7 Å². The molecule has 0 aliphatic carbocycles. The zero-order chi connectivity index (χ0) is 13.1. The standard InChI is InChI=1S/C11H9N3O3S/c1-14(7-3-2-4-12-5-7)10(15)9-13-8(6-18-9)11(16)17/h2-6H,1H3,(H,16,17). The first-order valence-corrected chi connectivity index (χ1v) is 5.84. The van der Waals surface area contributed by atoms with Gasteiger partial charge >= 0.3 is 5.97 Å². The second kappa shape index (κ2) is 4.92. The van der Waals surface area contributed by atoms with E-state index in [-0.39, 0.29) is 16.6 Å². The Balaban J connectivity index is 2.23. The monoisotopic (exact) mass is 263 g/mol. The molecule has 6 nitrogen and oxygen atoms in total. The van der Waals surface area contributed by atoms with Crippen LogP contribution >= 0.6 is 11.3 Å². The van der Waals surface area contributed by atoms with E-state index in [1.54, 1.807) is 31.6 Å². The molecule has 0 radical (unpaired) electrons. The van der Waals surface area contributed by atoms with Crippen LogP contribution in [-0.2, 0) is 0 Å². The maximum absolute atomic E-state index is 12.0. The molecule has 0 saturated carbocycles. The Morgan fingerprint density at radius 3 is 2.78 bits per heavy atom. The van der Waals surface area contributed by atoms with Crippen LogP contribution in [0.25, 0.3) is 0 Å². The Morgan fingerprint density at radius 1 is 1.44 bits per heavy atom. The Hall–Kier alpha value is -2.28. The van der Waals surface area contributed by atoms with Gasteiger partial charge in [-0.15, -0.1) is 11.3 Å². The number of carbonyl (C=O) groups excluding carboxylic acids is 1. The zero-order valence-corrected chi connectivity index (χ0v) is 10.2. The third-order valence-electron chi connectivity index (χ3n) is 2.24. The molecule has 1 amide bonds. The molecule has 0 atom stereocenters. The highest BCUT2D eigenvalue weighted by Crippen LogP contribution is 2.16. The van der Waals surface area contributed by atoms with E-state index in [2.05, 4.69) is 9.97 Å². The molecule has 92 valence electrons. The van der Waals surface area contributed by atoms with Gasteiger partial charge in [-0.05, 0) is 12.1 Å². The molecular formula is C11H9N3O3S. The van der Waals surface area contributed by atoms with E-state index in [1.807, 2.05) is 0 Å². The average molecular weight is 263 g/mol. The number of carboxylic acid groups (broad SMARTS) is 1. The van der Waals surface area contributed by atoms with Gasteiger partial charge in [0, 0.05) is 18.6 Å². The van der Waals surface area contributed by atoms with Crippen molar-refractivity contribution in [1.82, 2.24) is 9.97 Å². The topological polar surface area (TPSA) is 83.4 Å². The lowest BCUT2D eigenvalue weighted by Gasteiger charge is -2.14. The van der Waals surface area contributed by atoms with Gasteiger partial charge in [-0.25, -0.2) is 9.78 Å². The second-order valence-electron chi connectivity index (χ2n) is 3.42. The van der Waals surface area contributed by atoms with Crippen molar-refractivity contribution >= 4 is 28.9 Å². The molecule has 0 aliphatic heterocycles. The van der Waals surface area contributed by atoms with Crippen LogP contribution in [0.5, 0.6) is 0 Å². The molecule has 7 heteroatoms. The van der Waals surface area contributed by atoms with Crippen LogP contribution in [0, 0.1) is 0 Å². The maximum atomic E-state index is 12.0. The van der Waals surface area contributed by atoms with Crippen LogP contribution in [0.2, 0.25) is 0 Å². The Morgan fingerprint density at radius 2 is 2.22 bits per heavy atom.